The molecule has 0 radical (unpaired) electrons. The van der Waals surface area contributed by atoms with E-state index in [-0.39, 0.29) is 17.9 Å². The average molecular weight is 477 g/mol. The molecular formula is C21H20N2O7S2. The number of amides is 2. The molecule has 0 saturated carbocycles. The van der Waals surface area contributed by atoms with Crippen LogP contribution in [0.3, 0.4) is 0 Å². The number of hydrogen-bond donors (Lipinski definition) is 2. The fourth-order valence-electron chi connectivity index (χ4n) is 2.63. The van der Waals surface area contributed by atoms with E-state index in [1.165, 1.54) is 41.9 Å². The van der Waals surface area contributed by atoms with Crippen LogP contribution < -0.4 is 10.6 Å². The van der Waals surface area contributed by atoms with Crippen molar-refractivity contribution in [2.24, 2.45) is 0 Å². The van der Waals surface area contributed by atoms with Crippen molar-refractivity contribution in [2.45, 2.75) is 19.9 Å². The van der Waals surface area contributed by atoms with Crippen LogP contribution in [0.1, 0.15) is 34.8 Å². The topological polar surface area (TPSA) is 124 Å². The summed E-state index contributed by atoms with van der Waals surface area (Å²) in [6.45, 7) is 2.71. The fraction of sp³-hybridized carbons (Fsp3) is 0.238. The zero-order valence-electron chi connectivity index (χ0n) is 17.2. The number of thiophene rings is 2. The van der Waals surface area contributed by atoms with Crippen molar-refractivity contribution < 1.29 is 33.1 Å². The number of esters is 2. The Morgan fingerprint density at radius 1 is 1.12 bits per heavy atom. The van der Waals surface area contributed by atoms with Crippen molar-refractivity contribution >= 4 is 51.4 Å². The van der Waals surface area contributed by atoms with Gasteiger partial charge in [0.15, 0.2) is 12.4 Å². The van der Waals surface area contributed by atoms with Crippen molar-refractivity contribution in [3.8, 4) is 10.4 Å². The minimum absolute atomic E-state index is 0.0492. The van der Waals surface area contributed by atoms with Crippen molar-refractivity contribution in [1.29, 1.82) is 0 Å². The number of ether oxygens (including phenoxy) is 2. The van der Waals surface area contributed by atoms with Gasteiger partial charge in [-0.05, 0) is 37.4 Å². The molecule has 3 rings (SSSR count). The van der Waals surface area contributed by atoms with Crippen molar-refractivity contribution in [1.82, 2.24) is 5.32 Å². The molecule has 3 aromatic rings. The Bertz CT molecular complexity index is 1090. The van der Waals surface area contributed by atoms with Gasteiger partial charge in [0.05, 0.1) is 12.9 Å². The van der Waals surface area contributed by atoms with Crippen molar-refractivity contribution in [3.63, 3.8) is 0 Å². The highest BCUT2D eigenvalue weighted by Crippen LogP contribution is 2.38. The molecule has 0 aliphatic heterocycles. The molecule has 32 heavy (non-hydrogen) atoms. The molecule has 0 fully saturated rings. The Morgan fingerprint density at radius 2 is 1.94 bits per heavy atom. The van der Waals surface area contributed by atoms with E-state index in [1.54, 1.807) is 18.4 Å². The van der Waals surface area contributed by atoms with Gasteiger partial charge in [0.25, 0.3) is 11.8 Å². The highest BCUT2D eigenvalue weighted by atomic mass is 32.1. The molecule has 3 heterocycles. The SMILES string of the molecule is CCOC(=O)c1c(-c2cccs2)csc1NC(=O)COC(=O)C(C)NC(=O)c1ccco1. The van der Waals surface area contributed by atoms with Gasteiger partial charge in [-0.2, -0.15) is 0 Å². The van der Waals surface area contributed by atoms with Gasteiger partial charge in [-0.1, -0.05) is 6.07 Å². The molecule has 3 aromatic heterocycles. The Morgan fingerprint density at radius 3 is 2.59 bits per heavy atom. The molecule has 0 spiro atoms. The van der Waals surface area contributed by atoms with E-state index < -0.39 is 36.4 Å². The fourth-order valence-corrected chi connectivity index (χ4v) is 4.42. The first-order valence-corrected chi connectivity index (χ1v) is 11.3. The number of hydrogen-bond acceptors (Lipinski definition) is 9. The second kappa shape index (κ2) is 10.7. The second-order valence-corrected chi connectivity index (χ2v) is 8.21. The molecule has 11 heteroatoms. The summed E-state index contributed by atoms with van der Waals surface area (Å²) in [5.41, 5.74) is 0.906. The van der Waals surface area contributed by atoms with E-state index in [1.807, 2.05) is 17.5 Å². The minimum atomic E-state index is -0.998. The van der Waals surface area contributed by atoms with E-state index in [0.29, 0.717) is 10.6 Å². The van der Waals surface area contributed by atoms with Gasteiger partial charge in [0.2, 0.25) is 0 Å². The van der Waals surface area contributed by atoms with Crippen LogP contribution in [-0.2, 0) is 19.1 Å². The highest BCUT2D eigenvalue weighted by molar-refractivity contribution is 7.17. The largest absolute Gasteiger partial charge is 0.462 e. The summed E-state index contributed by atoms with van der Waals surface area (Å²) in [7, 11) is 0. The van der Waals surface area contributed by atoms with Gasteiger partial charge in [0, 0.05) is 15.8 Å². The lowest BCUT2D eigenvalue weighted by Gasteiger charge is -2.12. The Kier molecular flexibility index (Phi) is 7.79. The van der Waals surface area contributed by atoms with Gasteiger partial charge < -0.3 is 24.5 Å². The third-order valence-electron chi connectivity index (χ3n) is 4.10. The number of rotatable bonds is 9. The first-order chi connectivity index (χ1) is 15.4. The summed E-state index contributed by atoms with van der Waals surface area (Å²) >= 11 is 2.63. The van der Waals surface area contributed by atoms with Gasteiger partial charge >= 0.3 is 11.9 Å². The predicted octanol–water partition coefficient (Wildman–Crippen LogP) is 3.55. The van der Waals surface area contributed by atoms with Crippen LogP contribution in [0, 0.1) is 0 Å². The van der Waals surface area contributed by atoms with E-state index in [4.69, 9.17) is 13.9 Å². The average Bonchev–Trinajstić information content (AvgIpc) is 3.53. The Balaban J connectivity index is 1.60. The number of nitrogens with one attached hydrogen (secondary N) is 2. The van der Waals surface area contributed by atoms with Gasteiger partial charge in [0.1, 0.15) is 16.6 Å². The maximum absolute atomic E-state index is 12.5. The number of carbonyl (C=O) groups is 4. The normalized spacial score (nSPS) is 11.4. The lowest BCUT2D eigenvalue weighted by Crippen LogP contribution is -2.40. The van der Waals surface area contributed by atoms with Crippen LogP contribution in [0.5, 0.6) is 0 Å². The molecule has 0 saturated heterocycles. The summed E-state index contributed by atoms with van der Waals surface area (Å²) in [4.78, 5) is 49.7. The molecule has 0 aliphatic rings. The zero-order chi connectivity index (χ0) is 23.1. The van der Waals surface area contributed by atoms with Gasteiger partial charge in [-0.3, -0.25) is 9.59 Å². The summed E-state index contributed by atoms with van der Waals surface area (Å²) in [5, 5.41) is 8.94. The summed E-state index contributed by atoms with van der Waals surface area (Å²) in [6.07, 6.45) is 1.33. The summed E-state index contributed by atoms with van der Waals surface area (Å²) in [6, 6.07) is 5.72. The Hall–Kier alpha value is -3.44. The van der Waals surface area contributed by atoms with E-state index in [9.17, 15) is 19.2 Å². The number of furan rings is 1. The van der Waals surface area contributed by atoms with Gasteiger partial charge in [-0.15, -0.1) is 22.7 Å². The minimum Gasteiger partial charge on any atom is -0.462 e. The maximum Gasteiger partial charge on any atom is 0.341 e. The summed E-state index contributed by atoms with van der Waals surface area (Å²) in [5.74, 6) is -2.52. The van der Waals surface area contributed by atoms with Crippen LogP contribution >= 0.6 is 22.7 Å². The second-order valence-electron chi connectivity index (χ2n) is 6.38. The van der Waals surface area contributed by atoms with Gasteiger partial charge in [-0.25, -0.2) is 9.59 Å². The molecule has 2 N–H and O–H groups in total. The lowest BCUT2D eigenvalue weighted by atomic mass is 10.1. The molecule has 0 aromatic carbocycles. The molecule has 0 bridgehead atoms. The molecule has 1 unspecified atom stereocenters. The first kappa shape index (κ1) is 23.2. The zero-order valence-corrected chi connectivity index (χ0v) is 18.8. The highest BCUT2D eigenvalue weighted by Gasteiger charge is 2.24. The monoisotopic (exact) mass is 476 g/mol. The molecular weight excluding hydrogens is 456 g/mol. The summed E-state index contributed by atoms with van der Waals surface area (Å²) < 4.78 is 15.1. The van der Waals surface area contributed by atoms with Crippen LogP contribution in [0.25, 0.3) is 10.4 Å². The lowest BCUT2D eigenvalue weighted by molar-refractivity contribution is -0.148. The molecule has 2 amide bonds. The third-order valence-corrected chi connectivity index (χ3v) is 5.90. The van der Waals surface area contributed by atoms with Crippen LogP contribution in [0.2, 0.25) is 0 Å². The van der Waals surface area contributed by atoms with E-state index in [2.05, 4.69) is 10.6 Å². The Labute approximate surface area is 191 Å². The maximum atomic E-state index is 12.5. The third kappa shape index (κ3) is 5.62. The van der Waals surface area contributed by atoms with E-state index in [0.717, 1.165) is 4.88 Å². The van der Waals surface area contributed by atoms with E-state index >= 15 is 0 Å². The molecule has 1 atom stereocenters. The standard InChI is InChI=1S/C21H20N2O7S2/c1-3-28-21(27)17-13(15-7-5-9-31-15)11-32-19(17)23-16(24)10-30-20(26)12(2)22-18(25)14-6-4-8-29-14/h4-9,11-12H,3,10H2,1-2H3,(H,22,25)(H,23,24). The quantitative estimate of drug-likeness (QED) is 0.453. The molecule has 168 valence electrons. The van der Waals surface area contributed by atoms with Crippen molar-refractivity contribution in [2.75, 3.05) is 18.5 Å². The predicted molar refractivity (Wildman–Crippen MR) is 119 cm³/mol. The van der Waals surface area contributed by atoms with Crippen LogP contribution in [0.4, 0.5) is 5.00 Å². The van der Waals surface area contributed by atoms with Crippen molar-refractivity contribution in [3.05, 3.63) is 52.6 Å². The van der Waals surface area contributed by atoms with Crippen LogP contribution in [0.15, 0.2) is 45.7 Å². The molecule has 9 nitrogen and oxygen atoms in total. The number of carbonyl (C=O) groups excluding carboxylic acids is 4. The smallest absolute Gasteiger partial charge is 0.341 e. The first-order valence-electron chi connectivity index (χ1n) is 9.54. The molecule has 0 aliphatic carbocycles. The number of anilines is 1. The van der Waals surface area contributed by atoms with Crippen LogP contribution in [-0.4, -0.2) is 43.0 Å².